The van der Waals surface area contributed by atoms with Gasteiger partial charge in [-0.2, -0.15) is 5.26 Å². The van der Waals surface area contributed by atoms with Crippen molar-refractivity contribution in [3.63, 3.8) is 0 Å². The molecule has 66 valence electrons. The van der Waals surface area contributed by atoms with Crippen LogP contribution in [0.5, 0.6) is 0 Å². The van der Waals surface area contributed by atoms with Crippen LogP contribution in [0.4, 0.5) is 5.82 Å². The van der Waals surface area contributed by atoms with Crippen LogP contribution in [0, 0.1) is 11.3 Å². The molecule has 0 unspecified atom stereocenters. The maximum atomic E-state index is 9.08. The minimum Gasteiger partial charge on any atom is -0.389 e. The molecule has 0 radical (unpaired) electrons. The quantitative estimate of drug-likeness (QED) is 0.626. The molecule has 5 heteroatoms. The average Bonchev–Trinajstić information content (AvgIpc) is 2.13. The summed E-state index contributed by atoms with van der Waals surface area (Å²) in [7, 11) is 0. The normalized spacial score (nSPS) is 16.5. The number of hydrogen-bond donors (Lipinski definition) is 1. The van der Waals surface area contributed by atoms with E-state index < -0.39 is 0 Å². The lowest BCUT2D eigenvalue weighted by Gasteiger charge is -2.36. The van der Waals surface area contributed by atoms with Gasteiger partial charge in [0.2, 0.25) is 0 Å². The van der Waals surface area contributed by atoms with Gasteiger partial charge in [0.1, 0.15) is 23.8 Å². The fourth-order valence-electron chi connectivity index (χ4n) is 1.28. The molecule has 1 aliphatic heterocycles. The summed E-state index contributed by atoms with van der Waals surface area (Å²) in [5.41, 5.74) is 0.453. The van der Waals surface area contributed by atoms with Gasteiger partial charge in [0.05, 0.1) is 12.3 Å². The Hall–Kier alpha value is -1.67. The van der Waals surface area contributed by atoms with Crippen LogP contribution in [0.3, 0.4) is 0 Å². The Bertz CT molecular complexity index is 353. The molecule has 0 amide bonds. The van der Waals surface area contributed by atoms with E-state index in [4.69, 9.17) is 10.4 Å². The van der Waals surface area contributed by atoms with E-state index in [-0.39, 0.29) is 6.10 Å². The summed E-state index contributed by atoms with van der Waals surface area (Å²) < 4.78 is 0. The minimum absolute atomic E-state index is 0.290. The van der Waals surface area contributed by atoms with Gasteiger partial charge in [0.15, 0.2) is 0 Å². The van der Waals surface area contributed by atoms with Crippen LogP contribution in [0.15, 0.2) is 12.5 Å². The molecule has 1 N–H and O–H groups in total. The fourth-order valence-corrected chi connectivity index (χ4v) is 1.28. The predicted molar refractivity (Wildman–Crippen MR) is 45.0 cm³/mol. The number of anilines is 1. The first-order valence-electron chi connectivity index (χ1n) is 3.94. The van der Waals surface area contributed by atoms with Crippen molar-refractivity contribution in [1.82, 2.24) is 9.97 Å². The maximum Gasteiger partial charge on any atom is 0.150 e. The number of nitriles is 1. The Kier molecular flexibility index (Phi) is 1.83. The van der Waals surface area contributed by atoms with Crippen LogP contribution < -0.4 is 4.90 Å². The fraction of sp³-hybridized carbons (Fsp3) is 0.375. The third-order valence-electron chi connectivity index (χ3n) is 1.97. The molecule has 1 aromatic rings. The van der Waals surface area contributed by atoms with E-state index in [1.54, 1.807) is 0 Å². The highest BCUT2D eigenvalue weighted by Crippen LogP contribution is 2.20. The Labute approximate surface area is 75.3 Å². The van der Waals surface area contributed by atoms with E-state index in [0.29, 0.717) is 24.5 Å². The van der Waals surface area contributed by atoms with E-state index in [9.17, 15) is 0 Å². The van der Waals surface area contributed by atoms with E-state index in [0.717, 1.165) is 0 Å². The van der Waals surface area contributed by atoms with Crippen LogP contribution in [0.2, 0.25) is 0 Å². The maximum absolute atomic E-state index is 9.08. The Morgan fingerprint density at radius 2 is 2.38 bits per heavy atom. The van der Waals surface area contributed by atoms with Crippen LogP contribution in [-0.4, -0.2) is 34.3 Å². The van der Waals surface area contributed by atoms with Crippen LogP contribution in [-0.2, 0) is 0 Å². The number of rotatable bonds is 1. The minimum atomic E-state index is -0.290. The van der Waals surface area contributed by atoms with Crippen molar-refractivity contribution in [3.05, 3.63) is 18.1 Å². The number of nitrogens with zero attached hydrogens (tertiary/aromatic N) is 4. The number of aliphatic hydroxyl groups is 1. The summed E-state index contributed by atoms with van der Waals surface area (Å²) in [5.74, 6) is 0.614. The topological polar surface area (TPSA) is 73.0 Å². The molecular formula is C8H8N4O. The van der Waals surface area contributed by atoms with Crippen molar-refractivity contribution < 1.29 is 5.11 Å². The Morgan fingerprint density at radius 3 is 3.00 bits per heavy atom. The molecule has 0 atom stereocenters. The molecule has 2 heterocycles. The van der Waals surface area contributed by atoms with Gasteiger partial charge in [-0.1, -0.05) is 0 Å². The second-order valence-corrected chi connectivity index (χ2v) is 2.93. The summed E-state index contributed by atoms with van der Waals surface area (Å²) >= 11 is 0. The SMILES string of the molecule is N#Cc1cncnc1N1CC(O)C1. The van der Waals surface area contributed by atoms with Gasteiger partial charge >= 0.3 is 0 Å². The molecule has 1 saturated heterocycles. The number of β-amino-alcohol motifs (C(OH)–C–C–N with tert-alkyl or cyclic N) is 1. The summed E-state index contributed by atoms with van der Waals surface area (Å²) in [5, 5.41) is 17.8. The van der Waals surface area contributed by atoms with Gasteiger partial charge in [-0.05, 0) is 0 Å². The zero-order valence-corrected chi connectivity index (χ0v) is 6.88. The summed E-state index contributed by atoms with van der Waals surface area (Å²) in [6.45, 7) is 1.09. The molecule has 0 aromatic carbocycles. The standard InChI is InChI=1S/C8H8N4O/c9-1-6-2-10-5-11-8(6)12-3-7(13)4-12/h2,5,7,13H,3-4H2. The molecular weight excluding hydrogens is 168 g/mol. The third-order valence-corrected chi connectivity index (χ3v) is 1.97. The Morgan fingerprint density at radius 1 is 1.62 bits per heavy atom. The van der Waals surface area contributed by atoms with Crippen LogP contribution in [0.1, 0.15) is 5.56 Å². The zero-order valence-electron chi connectivity index (χ0n) is 6.88. The first-order chi connectivity index (χ1) is 6.31. The lowest BCUT2D eigenvalue weighted by Crippen LogP contribution is -2.51. The highest BCUT2D eigenvalue weighted by Gasteiger charge is 2.27. The van der Waals surface area contributed by atoms with Crippen molar-refractivity contribution in [3.8, 4) is 6.07 Å². The van der Waals surface area contributed by atoms with Gasteiger partial charge in [0.25, 0.3) is 0 Å². The highest BCUT2D eigenvalue weighted by molar-refractivity contribution is 5.54. The summed E-state index contributed by atoms with van der Waals surface area (Å²) in [6.07, 6.45) is 2.59. The molecule has 0 aliphatic carbocycles. The molecule has 1 fully saturated rings. The van der Waals surface area contributed by atoms with Crippen molar-refractivity contribution in [2.45, 2.75) is 6.10 Å². The lowest BCUT2D eigenvalue weighted by atomic mass is 10.1. The largest absolute Gasteiger partial charge is 0.389 e. The first kappa shape index (κ1) is 7.95. The first-order valence-corrected chi connectivity index (χ1v) is 3.94. The van der Waals surface area contributed by atoms with E-state index >= 15 is 0 Å². The second kappa shape index (κ2) is 2.99. The van der Waals surface area contributed by atoms with Crippen LogP contribution in [0.25, 0.3) is 0 Å². The van der Waals surface area contributed by atoms with E-state index in [1.807, 2.05) is 11.0 Å². The van der Waals surface area contributed by atoms with Gasteiger partial charge in [-0.25, -0.2) is 9.97 Å². The highest BCUT2D eigenvalue weighted by atomic mass is 16.3. The molecule has 5 nitrogen and oxygen atoms in total. The van der Waals surface area contributed by atoms with Crippen molar-refractivity contribution in [1.29, 1.82) is 5.26 Å². The molecule has 2 rings (SSSR count). The average molecular weight is 176 g/mol. The van der Waals surface area contributed by atoms with E-state index in [2.05, 4.69) is 9.97 Å². The summed E-state index contributed by atoms with van der Waals surface area (Å²) in [4.78, 5) is 9.59. The number of aliphatic hydroxyl groups excluding tert-OH is 1. The lowest BCUT2D eigenvalue weighted by molar-refractivity contribution is 0.141. The smallest absolute Gasteiger partial charge is 0.150 e. The summed E-state index contributed by atoms with van der Waals surface area (Å²) in [6, 6.07) is 2.01. The van der Waals surface area contributed by atoms with Gasteiger partial charge in [-0.3, -0.25) is 0 Å². The van der Waals surface area contributed by atoms with Gasteiger partial charge < -0.3 is 10.0 Å². The van der Waals surface area contributed by atoms with Crippen molar-refractivity contribution >= 4 is 5.82 Å². The molecule has 0 saturated carbocycles. The monoisotopic (exact) mass is 176 g/mol. The second-order valence-electron chi connectivity index (χ2n) is 2.93. The van der Waals surface area contributed by atoms with E-state index in [1.165, 1.54) is 12.5 Å². The van der Waals surface area contributed by atoms with Crippen molar-refractivity contribution in [2.24, 2.45) is 0 Å². The zero-order chi connectivity index (χ0) is 9.26. The van der Waals surface area contributed by atoms with Crippen LogP contribution >= 0.6 is 0 Å². The number of aromatic nitrogens is 2. The van der Waals surface area contributed by atoms with Gasteiger partial charge in [-0.15, -0.1) is 0 Å². The third kappa shape index (κ3) is 1.32. The Balaban J connectivity index is 2.26. The number of hydrogen-bond acceptors (Lipinski definition) is 5. The molecule has 1 aliphatic rings. The van der Waals surface area contributed by atoms with Crippen molar-refractivity contribution in [2.75, 3.05) is 18.0 Å². The predicted octanol–water partition coefficient (Wildman–Crippen LogP) is -0.471. The van der Waals surface area contributed by atoms with Gasteiger partial charge in [0, 0.05) is 13.1 Å². The molecule has 1 aromatic heterocycles. The molecule has 13 heavy (non-hydrogen) atoms. The molecule has 0 spiro atoms. The molecule has 0 bridgehead atoms.